The number of anilines is 1. The number of ether oxygens (including phenoxy) is 1. The van der Waals surface area contributed by atoms with Crippen LogP contribution < -0.4 is 15.8 Å². The Bertz CT molecular complexity index is 920. The summed E-state index contributed by atoms with van der Waals surface area (Å²) in [6.07, 6.45) is -0.669. The van der Waals surface area contributed by atoms with Gasteiger partial charge in [-0.1, -0.05) is 30.3 Å². The van der Waals surface area contributed by atoms with Gasteiger partial charge in [-0.15, -0.1) is 0 Å². The van der Waals surface area contributed by atoms with Crippen molar-refractivity contribution in [1.29, 1.82) is 0 Å². The van der Waals surface area contributed by atoms with Crippen molar-refractivity contribution in [2.75, 3.05) is 5.32 Å². The number of rotatable bonds is 5. The molecule has 0 heterocycles. The maximum Gasteiger partial charge on any atom is 0.265 e. The number of fused-ring (bicyclic) bond motifs is 1. The molecule has 0 aliphatic heterocycles. The predicted molar refractivity (Wildman–Crippen MR) is 97.6 cm³/mol. The lowest BCUT2D eigenvalue weighted by molar-refractivity contribution is -0.122. The van der Waals surface area contributed by atoms with Gasteiger partial charge < -0.3 is 15.8 Å². The molecular weight excluding hydrogens is 316 g/mol. The second-order valence-corrected chi connectivity index (χ2v) is 5.70. The number of hydrogen-bond donors (Lipinski definition) is 2. The van der Waals surface area contributed by atoms with Crippen LogP contribution in [0.1, 0.15) is 17.3 Å². The maximum absolute atomic E-state index is 12.3. The number of hydrogen-bond acceptors (Lipinski definition) is 3. The summed E-state index contributed by atoms with van der Waals surface area (Å²) in [6.45, 7) is 1.68. The Kier molecular flexibility index (Phi) is 4.66. The van der Waals surface area contributed by atoms with Gasteiger partial charge in [-0.3, -0.25) is 9.59 Å². The van der Waals surface area contributed by atoms with Crippen LogP contribution in [0.15, 0.2) is 66.7 Å². The lowest BCUT2D eigenvalue weighted by Crippen LogP contribution is -2.30. The molecule has 25 heavy (non-hydrogen) atoms. The topological polar surface area (TPSA) is 81.4 Å². The Morgan fingerprint density at radius 2 is 1.64 bits per heavy atom. The molecular formula is C20H18N2O3. The summed E-state index contributed by atoms with van der Waals surface area (Å²) >= 11 is 0. The molecule has 3 N–H and O–H groups in total. The molecule has 0 spiro atoms. The molecule has 0 saturated carbocycles. The van der Waals surface area contributed by atoms with Crippen molar-refractivity contribution in [3.63, 3.8) is 0 Å². The van der Waals surface area contributed by atoms with Crippen LogP contribution in [0.5, 0.6) is 5.75 Å². The minimum absolute atomic E-state index is 0.278. The Morgan fingerprint density at radius 1 is 0.960 bits per heavy atom. The molecule has 0 aromatic heterocycles. The van der Waals surface area contributed by atoms with Crippen LogP contribution in [0, 0.1) is 0 Å². The Hall–Kier alpha value is -3.34. The minimum Gasteiger partial charge on any atom is -0.481 e. The van der Waals surface area contributed by atoms with Gasteiger partial charge in [0.05, 0.1) is 0 Å². The third-order valence-corrected chi connectivity index (χ3v) is 3.84. The van der Waals surface area contributed by atoms with Crippen LogP contribution in [-0.2, 0) is 4.79 Å². The summed E-state index contributed by atoms with van der Waals surface area (Å²) in [6, 6.07) is 20.0. The molecule has 0 fully saturated rings. The van der Waals surface area contributed by atoms with Crippen molar-refractivity contribution >= 4 is 28.3 Å². The van der Waals surface area contributed by atoms with Crippen LogP contribution in [0.3, 0.4) is 0 Å². The standard InChI is InChI=1S/C20H18N2O3/c1-13(20(24)22-17-9-6-15(7-10-17)19(21)23)25-18-11-8-14-4-2-3-5-16(14)12-18/h2-13H,1H3,(H2,21,23)(H,22,24)/t13-/m0/s1. The second-order valence-electron chi connectivity index (χ2n) is 5.70. The summed E-state index contributed by atoms with van der Waals surface area (Å²) in [7, 11) is 0. The van der Waals surface area contributed by atoms with Crippen molar-refractivity contribution in [2.45, 2.75) is 13.0 Å². The molecule has 0 saturated heterocycles. The van der Waals surface area contributed by atoms with Gasteiger partial charge in [-0.05, 0) is 54.1 Å². The van der Waals surface area contributed by atoms with Gasteiger partial charge in [0.2, 0.25) is 5.91 Å². The fourth-order valence-electron chi connectivity index (χ4n) is 2.46. The first-order valence-electron chi connectivity index (χ1n) is 7.89. The highest BCUT2D eigenvalue weighted by Gasteiger charge is 2.15. The van der Waals surface area contributed by atoms with E-state index in [1.54, 1.807) is 31.2 Å². The van der Waals surface area contributed by atoms with Crippen molar-refractivity contribution < 1.29 is 14.3 Å². The van der Waals surface area contributed by atoms with E-state index in [1.165, 1.54) is 0 Å². The van der Waals surface area contributed by atoms with E-state index in [9.17, 15) is 9.59 Å². The van der Waals surface area contributed by atoms with Gasteiger partial charge in [0.25, 0.3) is 5.91 Å². The van der Waals surface area contributed by atoms with E-state index in [0.29, 0.717) is 17.0 Å². The van der Waals surface area contributed by atoms with Gasteiger partial charge in [0.1, 0.15) is 5.75 Å². The fraction of sp³-hybridized carbons (Fsp3) is 0.100. The monoisotopic (exact) mass is 334 g/mol. The van der Waals surface area contributed by atoms with Crippen LogP contribution in [-0.4, -0.2) is 17.9 Å². The van der Waals surface area contributed by atoms with Crippen LogP contribution in [0.4, 0.5) is 5.69 Å². The molecule has 3 aromatic rings. The average Bonchev–Trinajstić information content (AvgIpc) is 2.62. The van der Waals surface area contributed by atoms with E-state index in [2.05, 4.69) is 5.32 Å². The van der Waals surface area contributed by atoms with Gasteiger partial charge in [-0.2, -0.15) is 0 Å². The molecule has 5 heteroatoms. The van der Waals surface area contributed by atoms with Gasteiger partial charge in [0, 0.05) is 11.3 Å². The summed E-state index contributed by atoms with van der Waals surface area (Å²) in [5.41, 5.74) is 6.15. The van der Waals surface area contributed by atoms with Crippen molar-refractivity contribution in [2.24, 2.45) is 5.73 Å². The molecule has 3 rings (SSSR count). The fourth-order valence-corrected chi connectivity index (χ4v) is 2.46. The molecule has 5 nitrogen and oxygen atoms in total. The number of carbonyl (C=O) groups is 2. The molecule has 0 radical (unpaired) electrons. The third-order valence-electron chi connectivity index (χ3n) is 3.84. The Labute approximate surface area is 145 Å². The number of carbonyl (C=O) groups excluding carboxylic acids is 2. The zero-order valence-corrected chi connectivity index (χ0v) is 13.7. The summed E-state index contributed by atoms with van der Waals surface area (Å²) in [5.74, 6) is -0.156. The highest BCUT2D eigenvalue weighted by atomic mass is 16.5. The Morgan fingerprint density at radius 3 is 2.32 bits per heavy atom. The largest absolute Gasteiger partial charge is 0.481 e. The first-order chi connectivity index (χ1) is 12.0. The quantitative estimate of drug-likeness (QED) is 0.751. The van der Waals surface area contributed by atoms with Crippen molar-refractivity contribution in [3.05, 3.63) is 72.3 Å². The lowest BCUT2D eigenvalue weighted by Gasteiger charge is -2.15. The molecule has 0 bridgehead atoms. The molecule has 3 aromatic carbocycles. The van der Waals surface area contributed by atoms with Gasteiger partial charge in [-0.25, -0.2) is 0 Å². The molecule has 1 atom stereocenters. The SMILES string of the molecule is C[C@H](Oc1ccc2ccccc2c1)C(=O)Nc1ccc(C(N)=O)cc1. The molecule has 2 amide bonds. The van der Waals surface area contributed by atoms with Crippen LogP contribution in [0.2, 0.25) is 0 Å². The highest BCUT2D eigenvalue weighted by molar-refractivity contribution is 5.96. The number of benzene rings is 3. The predicted octanol–water partition coefficient (Wildman–Crippen LogP) is 3.34. The van der Waals surface area contributed by atoms with Gasteiger partial charge >= 0.3 is 0 Å². The van der Waals surface area contributed by atoms with Crippen LogP contribution >= 0.6 is 0 Å². The average molecular weight is 334 g/mol. The van der Waals surface area contributed by atoms with E-state index in [4.69, 9.17) is 10.5 Å². The maximum atomic E-state index is 12.3. The summed E-state index contributed by atoms with van der Waals surface area (Å²) < 4.78 is 5.73. The second kappa shape index (κ2) is 7.05. The minimum atomic E-state index is -0.669. The van der Waals surface area contributed by atoms with Crippen molar-refractivity contribution in [3.8, 4) is 5.75 Å². The van der Waals surface area contributed by atoms with Crippen LogP contribution in [0.25, 0.3) is 10.8 Å². The third kappa shape index (κ3) is 3.95. The van der Waals surface area contributed by atoms with E-state index in [1.807, 2.05) is 42.5 Å². The van der Waals surface area contributed by atoms with E-state index in [0.717, 1.165) is 10.8 Å². The number of amides is 2. The van der Waals surface area contributed by atoms with Gasteiger partial charge in [0.15, 0.2) is 6.10 Å². The lowest BCUT2D eigenvalue weighted by atomic mass is 10.1. The molecule has 0 aliphatic rings. The molecule has 126 valence electrons. The summed E-state index contributed by atoms with van der Waals surface area (Å²) in [4.78, 5) is 23.3. The normalized spacial score (nSPS) is 11.7. The highest BCUT2D eigenvalue weighted by Crippen LogP contribution is 2.21. The first kappa shape index (κ1) is 16.5. The zero-order chi connectivity index (χ0) is 17.8. The summed E-state index contributed by atoms with van der Waals surface area (Å²) in [5, 5.41) is 4.91. The number of nitrogens with one attached hydrogen (secondary N) is 1. The molecule has 0 unspecified atom stereocenters. The number of primary amides is 1. The van der Waals surface area contributed by atoms with E-state index < -0.39 is 12.0 Å². The smallest absolute Gasteiger partial charge is 0.265 e. The first-order valence-corrected chi connectivity index (χ1v) is 7.89. The zero-order valence-electron chi connectivity index (χ0n) is 13.7. The molecule has 0 aliphatic carbocycles. The number of nitrogens with two attached hydrogens (primary N) is 1. The Balaban J connectivity index is 1.66. The van der Waals surface area contributed by atoms with Crippen molar-refractivity contribution in [1.82, 2.24) is 0 Å². The van der Waals surface area contributed by atoms with E-state index >= 15 is 0 Å². The van der Waals surface area contributed by atoms with E-state index in [-0.39, 0.29) is 5.91 Å².